The molecule has 1 atom stereocenters. The van der Waals surface area contributed by atoms with E-state index in [4.69, 9.17) is 4.74 Å². The van der Waals surface area contributed by atoms with Crippen LogP contribution in [0.3, 0.4) is 0 Å². The van der Waals surface area contributed by atoms with Gasteiger partial charge in [-0.2, -0.15) is 0 Å². The summed E-state index contributed by atoms with van der Waals surface area (Å²) in [4.78, 5) is 30.4. The molecule has 0 spiro atoms. The Morgan fingerprint density at radius 1 is 1.03 bits per heavy atom. The Kier molecular flexibility index (Phi) is 4.50. The monoisotopic (exact) mass is 403 g/mol. The lowest BCUT2D eigenvalue weighted by molar-refractivity contribution is 0.0744. The van der Waals surface area contributed by atoms with Crippen molar-refractivity contribution in [2.45, 2.75) is 19.4 Å². The average Bonchev–Trinajstić information content (AvgIpc) is 3.11. The molecule has 1 amide bonds. The van der Waals surface area contributed by atoms with Crippen molar-refractivity contribution >= 4 is 22.5 Å². The molecule has 6 nitrogen and oxygen atoms in total. The molecule has 1 unspecified atom stereocenters. The highest BCUT2D eigenvalue weighted by atomic mass is 16.5. The maximum Gasteiger partial charge on any atom is 0.259 e. The number of para-hydroxylation sites is 3. The summed E-state index contributed by atoms with van der Waals surface area (Å²) in [7, 11) is 1.67. The number of nitrogens with zero attached hydrogens (tertiary/aromatic N) is 3. The summed E-state index contributed by atoms with van der Waals surface area (Å²) in [6.07, 6.45) is 2.67. The number of ether oxygens (including phenoxy) is 1. The highest BCUT2D eigenvalue weighted by Crippen LogP contribution is 2.31. The van der Waals surface area contributed by atoms with Crippen LogP contribution in [0.4, 0.5) is 5.69 Å². The largest absolute Gasteiger partial charge is 0.495 e. The van der Waals surface area contributed by atoms with Crippen LogP contribution in [0, 0.1) is 0 Å². The minimum Gasteiger partial charge on any atom is -0.495 e. The third-order valence-corrected chi connectivity index (χ3v) is 6.35. The minimum atomic E-state index is -0.171. The van der Waals surface area contributed by atoms with Crippen molar-refractivity contribution in [3.63, 3.8) is 0 Å². The highest BCUT2D eigenvalue weighted by molar-refractivity contribution is 5.98. The number of anilines is 1. The molecule has 3 aromatic rings. The van der Waals surface area contributed by atoms with Crippen molar-refractivity contribution in [2.75, 3.05) is 38.2 Å². The van der Waals surface area contributed by atoms with E-state index in [0.29, 0.717) is 31.6 Å². The van der Waals surface area contributed by atoms with Gasteiger partial charge in [-0.15, -0.1) is 0 Å². The van der Waals surface area contributed by atoms with Gasteiger partial charge >= 0.3 is 0 Å². The molecule has 0 saturated carbocycles. The summed E-state index contributed by atoms with van der Waals surface area (Å²) >= 11 is 0. The molecule has 6 heteroatoms. The number of amides is 1. The number of hydrogen-bond acceptors (Lipinski definition) is 4. The zero-order valence-electron chi connectivity index (χ0n) is 17.3. The van der Waals surface area contributed by atoms with E-state index in [9.17, 15) is 9.59 Å². The van der Waals surface area contributed by atoms with Crippen LogP contribution in [0.2, 0.25) is 0 Å². The van der Waals surface area contributed by atoms with Gasteiger partial charge in [0.25, 0.3) is 5.91 Å². The number of methoxy groups -OCH3 is 1. The summed E-state index contributed by atoms with van der Waals surface area (Å²) in [5.74, 6) is 0.660. The van der Waals surface area contributed by atoms with Gasteiger partial charge in [0, 0.05) is 43.8 Å². The molecule has 0 bridgehead atoms. The van der Waals surface area contributed by atoms with Crippen molar-refractivity contribution in [3.8, 4) is 5.75 Å². The van der Waals surface area contributed by atoms with Crippen LogP contribution >= 0.6 is 0 Å². The second-order valence-electron chi connectivity index (χ2n) is 8.10. The van der Waals surface area contributed by atoms with Crippen molar-refractivity contribution in [3.05, 3.63) is 70.0 Å². The van der Waals surface area contributed by atoms with Crippen LogP contribution in [0.1, 0.15) is 28.9 Å². The predicted molar refractivity (Wildman–Crippen MR) is 118 cm³/mol. The first-order chi connectivity index (χ1) is 14.6. The van der Waals surface area contributed by atoms with E-state index in [1.165, 1.54) is 5.56 Å². The minimum absolute atomic E-state index is 0.158. The Morgan fingerprint density at radius 2 is 1.80 bits per heavy atom. The quantitative estimate of drug-likeness (QED) is 0.674. The van der Waals surface area contributed by atoms with E-state index in [-0.39, 0.29) is 22.9 Å². The molecule has 2 aromatic carbocycles. The SMILES string of the molecule is COc1ccccc1N1CCN(C(=O)c2cn3c4c(cccc4c2=O)CC3C)CC1. The highest BCUT2D eigenvalue weighted by Gasteiger charge is 2.28. The lowest BCUT2D eigenvalue weighted by Crippen LogP contribution is -2.49. The van der Waals surface area contributed by atoms with Crippen molar-refractivity contribution < 1.29 is 9.53 Å². The van der Waals surface area contributed by atoms with Gasteiger partial charge < -0.3 is 19.1 Å². The van der Waals surface area contributed by atoms with Crippen LogP contribution in [-0.2, 0) is 6.42 Å². The Bertz CT molecular complexity index is 1190. The number of benzene rings is 2. The number of hydrogen-bond donors (Lipinski definition) is 0. The smallest absolute Gasteiger partial charge is 0.259 e. The van der Waals surface area contributed by atoms with Crippen LogP contribution < -0.4 is 15.1 Å². The molecule has 3 heterocycles. The Balaban J connectivity index is 1.41. The first-order valence-electron chi connectivity index (χ1n) is 10.4. The molecule has 154 valence electrons. The van der Waals surface area contributed by atoms with E-state index in [1.54, 1.807) is 18.2 Å². The fraction of sp³-hybridized carbons (Fsp3) is 0.333. The van der Waals surface area contributed by atoms with Gasteiger partial charge in [0.05, 0.1) is 18.3 Å². The maximum atomic E-state index is 13.3. The van der Waals surface area contributed by atoms with Crippen LogP contribution in [-0.4, -0.2) is 48.7 Å². The molecular weight excluding hydrogens is 378 g/mol. The predicted octanol–water partition coefficient (Wildman–Crippen LogP) is 3.09. The van der Waals surface area contributed by atoms with Gasteiger partial charge in [-0.3, -0.25) is 9.59 Å². The molecule has 0 N–H and O–H groups in total. The molecule has 0 radical (unpaired) electrons. The second kappa shape index (κ2) is 7.20. The third-order valence-electron chi connectivity index (χ3n) is 6.35. The fourth-order valence-electron chi connectivity index (χ4n) is 4.78. The number of piperazine rings is 1. The van der Waals surface area contributed by atoms with Gasteiger partial charge in [0.2, 0.25) is 5.43 Å². The summed E-state index contributed by atoms with van der Waals surface area (Å²) < 4.78 is 7.57. The lowest BCUT2D eigenvalue weighted by atomic mass is 10.1. The molecule has 0 aliphatic carbocycles. The number of carbonyl (C=O) groups excluding carboxylic acids is 1. The van der Waals surface area contributed by atoms with E-state index in [0.717, 1.165) is 23.4 Å². The molecule has 2 aliphatic heterocycles. The Hall–Kier alpha value is -3.28. The van der Waals surface area contributed by atoms with Crippen molar-refractivity contribution in [1.82, 2.24) is 9.47 Å². The van der Waals surface area contributed by atoms with Crippen LogP contribution in [0.15, 0.2) is 53.5 Å². The van der Waals surface area contributed by atoms with Crippen LogP contribution in [0.5, 0.6) is 5.75 Å². The Labute approximate surface area is 175 Å². The first-order valence-corrected chi connectivity index (χ1v) is 10.4. The van der Waals surface area contributed by atoms with Crippen molar-refractivity contribution in [2.24, 2.45) is 0 Å². The molecule has 1 fully saturated rings. The van der Waals surface area contributed by atoms with E-state index >= 15 is 0 Å². The Morgan fingerprint density at radius 3 is 2.57 bits per heavy atom. The normalized spacial score (nSPS) is 18.1. The van der Waals surface area contributed by atoms with E-state index in [1.807, 2.05) is 36.4 Å². The van der Waals surface area contributed by atoms with Crippen LogP contribution in [0.25, 0.3) is 10.9 Å². The van der Waals surface area contributed by atoms with E-state index in [2.05, 4.69) is 22.5 Å². The summed E-state index contributed by atoms with van der Waals surface area (Å²) in [5.41, 5.74) is 3.31. The summed E-state index contributed by atoms with van der Waals surface area (Å²) in [6, 6.07) is 14.0. The molecule has 1 aromatic heterocycles. The van der Waals surface area contributed by atoms with E-state index < -0.39 is 0 Å². The van der Waals surface area contributed by atoms with Gasteiger partial charge in [0.1, 0.15) is 11.3 Å². The summed E-state index contributed by atoms with van der Waals surface area (Å²) in [5, 5.41) is 0.648. The number of rotatable bonds is 3. The van der Waals surface area contributed by atoms with Gasteiger partial charge in [-0.1, -0.05) is 24.3 Å². The zero-order valence-corrected chi connectivity index (χ0v) is 17.3. The molecule has 1 saturated heterocycles. The lowest BCUT2D eigenvalue weighted by Gasteiger charge is -2.36. The topological polar surface area (TPSA) is 54.8 Å². The molecule has 30 heavy (non-hydrogen) atoms. The number of pyridine rings is 1. The maximum absolute atomic E-state index is 13.3. The second-order valence-corrected chi connectivity index (χ2v) is 8.10. The number of aromatic nitrogens is 1. The van der Waals surface area contributed by atoms with Gasteiger partial charge in [-0.25, -0.2) is 0 Å². The van der Waals surface area contributed by atoms with Crippen molar-refractivity contribution in [1.29, 1.82) is 0 Å². The third kappa shape index (κ3) is 2.86. The molecule has 5 rings (SSSR count). The van der Waals surface area contributed by atoms with Gasteiger partial charge in [0.15, 0.2) is 0 Å². The average molecular weight is 403 g/mol. The molecular formula is C24H25N3O3. The first kappa shape index (κ1) is 18.7. The number of carbonyl (C=O) groups is 1. The zero-order chi connectivity index (χ0) is 20.8. The molecule has 2 aliphatic rings. The van der Waals surface area contributed by atoms with Gasteiger partial charge in [-0.05, 0) is 37.1 Å². The summed E-state index contributed by atoms with van der Waals surface area (Å²) in [6.45, 7) is 4.68. The fourth-order valence-corrected chi connectivity index (χ4v) is 4.78. The standard InChI is InChI=1S/C24H25N3O3/c1-16-14-17-6-5-7-18-22(17)27(16)15-19(23(18)28)24(29)26-12-10-25(11-13-26)20-8-3-4-9-21(20)30-2/h3-9,15-16H,10-14H2,1-2H3.